The Morgan fingerprint density at radius 2 is 1.85 bits per heavy atom. The molecule has 1 heterocycles. The molecule has 0 aromatic carbocycles. The van der Waals surface area contributed by atoms with Crippen LogP contribution in [-0.2, 0) is 19.2 Å². The minimum atomic E-state index is -1.12. The van der Waals surface area contributed by atoms with Crippen LogP contribution in [0, 0.1) is 0 Å². The third kappa shape index (κ3) is 3.66. The van der Waals surface area contributed by atoms with Crippen molar-refractivity contribution in [2.45, 2.75) is 57.0 Å². The molecule has 1 saturated heterocycles. The van der Waals surface area contributed by atoms with Crippen molar-refractivity contribution in [1.82, 2.24) is 5.06 Å². The molecule has 2 amide bonds. The van der Waals surface area contributed by atoms with Crippen LogP contribution in [0.4, 0.5) is 0 Å². The van der Waals surface area contributed by atoms with Crippen LogP contribution in [0.3, 0.4) is 0 Å². The van der Waals surface area contributed by atoms with E-state index in [1.54, 1.807) is 0 Å². The Bertz CT molecular complexity index is 429. The van der Waals surface area contributed by atoms with Crippen molar-refractivity contribution in [3.8, 4) is 0 Å². The summed E-state index contributed by atoms with van der Waals surface area (Å²) in [4.78, 5) is 39.3. The van der Waals surface area contributed by atoms with Crippen molar-refractivity contribution in [1.29, 1.82) is 0 Å². The van der Waals surface area contributed by atoms with Gasteiger partial charge in [0.05, 0.1) is 12.0 Å². The fraction of sp³-hybridized carbons (Fsp3) is 0.643. The van der Waals surface area contributed by atoms with Crippen LogP contribution in [0.5, 0.6) is 0 Å². The Morgan fingerprint density at radius 3 is 2.55 bits per heavy atom. The normalized spacial score (nSPS) is 28.9. The average Bonchev–Trinajstić information content (AvgIpc) is 2.66. The Labute approximate surface area is 117 Å². The van der Waals surface area contributed by atoms with Crippen molar-refractivity contribution in [2.75, 3.05) is 0 Å². The van der Waals surface area contributed by atoms with Gasteiger partial charge < -0.3 is 9.94 Å². The second kappa shape index (κ2) is 6.17. The lowest BCUT2D eigenvalue weighted by molar-refractivity contribution is -0.200. The molecule has 1 aliphatic heterocycles. The van der Waals surface area contributed by atoms with Crippen molar-refractivity contribution >= 4 is 17.8 Å². The number of rotatable bonds is 3. The minimum absolute atomic E-state index is 0.0706. The van der Waals surface area contributed by atoms with Crippen LogP contribution in [0.15, 0.2) is 12.2 Å². The van der Waals surface area contributed by atoms with Crippen LogP contribution >= 0.6 is 0 Å². The van der Waals surface area contributed by atoms with Crippen LogP contribution in [0.1, 0.15) is 51.4 Å². The van der Waals surface area contributed by atoms with Gasteiger partial charge >= 0.3 is 5.97 Å². The molecule has 1 fully saturated rings. The van der Waals surface area contributed by atoms with E-state index >= 15 is 0 Å². The van der Waals surface area contributed by atoms with Crippen molar-refractivity contribution in [3.63, 3.8) is 0 Å². The SMILES string of the molecule is O=C(CC1(O)CC/C=C\CCC1)ON1C(=O)CCC1=O. The molecule has 110 valence electrons. The standard InChI is InChI=1S/C14H19NO5/c16-11-6-7-12(17)15(11)20-13(18)10-14(19)8-4-2-1-3-5-9-14/h1-2,19H,3-10H2/b2-1-. The van der Waals surface area contributed by atoms with Gasteiger partial charge in [-0.3, -0.25) is 9.59 Å². The molecule has 0 radical (unpaired) electrons. The van der Waals surface area contributed by atoms with Gasteiger partial charge in [0.25, 0.3) is 11.8 Å². The monoisotopic (exact) mass is 281 g/mol. The molecular formula is C14H19NO5. The summed E-state index contributed by atoms with van der Waals surface area (Å²) in [5.74, 6) is -1.74. The molecule has 2 aliphatic rings. The van der Waals surface area contributed by atoms with E-state index in [0.717, 1.165) is 12.8 Å². The zero-order valence-corrected chi connectivity index (χ0v) is 11.3. The van der Waals surface area contributed by atoms with Gasteiger partial charge in [0.2, 0.25) is 0 Å². The van der Waals surface area contributed by atoms with E-state index in [1.807, 2.05) is 6.08 Å². The average molecular weight is 281 g/mol. The molecule has 6 nitrogen and oxygen atoms in total. The first-order valence-electron chi connectivity index (χ1n) is 6.94. The first kappa shape index (κ1) is 14.7. The highest BCUT2D eigenvalue weighted by Gasteiger charge is 2.36. The van der Waals surface area contributed by atoms with E-state index < -0.39 is 23.4 Å². The molecule has 2 rings (SSSR count). The first-order chi connectivity index (χ1) is 9.50. The van der Waals surface area contributed by atoms with E-state index in [0.29, 0.717) is 24.3 Å². The zero-order valence-electron chi connectivity index (χ0n) is 11.3. The number of amides is 2. The van der Waals surface area contributed by atoms with Crippen LogP contribution in [0.2, 0.25) is 0 Å². The maximum atomic E-state index is 11.8. The number of carbonyl (C=O) groups is 3. The highest BCUT2D eigenvalue weighted by Crippen LogP contribution is 2.27. The number of nitrogens with zero attached hydrogens (tertiary/aromatic N) is 1. The quantitative estimate of drug-likeness (QED) is 0.621. The maximum Gasteiger partial charge on any atom is 0.336 e. The van der Waals surface area contributed by atoms with Crippen molar-refractivity contribution in [2.24, 2.45) is 0 Å². The summed E-state index contributed by atoms with van der Waals surface area (Å²) in [6, 6.07) is 0. The zero-order chi connectivity index (χ0) is 14.6. The fourth-order valence-corrected chi connectivity index (χ4v) is 2.50. The lowest BCUT2D eigenvalue weighted by Gasteiger charge is -2.28. The Morgan fingerprint density at radius 1 is 1.20 bits per heavy atom. The highest BCUT2D eigenvalue weighted by atomic mass is 16.7. The summed E-state index contributed by atoms with van der Waals surface area (Å²) >= 11 is 0. The summed E-state index contributed by atoms with van der Waals surface area (Å²) in [6.45, 7) is 0. The molecular weight excluding hydrogens is 262 g/mol. The smallest absolute Gasteiger partial charge is 0.336 e. The lowest BCUT2D eigenvalue weighted by Crippen LogP contribution is -2.37. The number of hydroxylamine groups is 2. The molecule has 1 unspecified atom stereocenters. The summed E-state index contributed by atoms with van der Waals surface area (Å²) in [5, 5.41) is 11.0. The predicted octanol–water partition coefficient (Wildman–Crippen LogP) is 1.24. The Balaban J connectivity index is 1.91. The molecule has 1 atom stereocenters. The number of carbonyl (C=O) groups excluding carboxylic acids is 3. The van der Waals surface area contributed by atoms with Gasteiger partial charge in [0.1, 0.15) is 0 Å². The molecule has 0 bridgehead atoms. The second-order valence-corrected chi connectivity index (χ2v) is 5.35. The molecule has 0 aromatic rings. The van der Waals surface area contributed by atoms with E-state index in [-0.39, 0.29) is 19.3 Å². The van der Waals surface area contributed by atoms with E-state index in [4.69, 9.17) is 4.84 Å². The predicted molar refractivity (Wildman–Crippen MR) is 69.0 cm³/mol. The van der Waals surface area contributed by atoms with E-state index in [9.17, 15) is 19.5 Å². The lowest BCUT2D eigenvalue weighted by atomic mass is 9.86. The summed E-state index contributed by atoms with van der Waals surface area (Å²) < 4.78 is 0. The molecule has 1 N–H and O–H groups in total. The maximum absolute atomic E-state index is 11.8. The van der Waals surface area contributed by atoms with Crippen LogP contribution in [-0.4, -0.2) is 33.6 Å². The molecule has 20 heavy (non-hydrogen) atoms. The number of hydrogen-bond acceptors (Lipinski definition) is 5. The number of aliphatic hydroxyl groups is 1. The van der Waals surface area contributed by atoms with Crippen LogP contribution in [0.25, 0.3) is 0 Å². The summed E-state index contributed by atoms with van der Waals surface area (Å²) in [6.07, 6.45) is 7.35. The van der Waals surface area contributed by atoms with Crippen molar-refractivity contribution < 1.29 is 24.3 Å². The molecule has 6 heteroatoms. The van der Waals surface area contributed by atoms with Gasteiger partial charge in [-0.1, -0.05) is 12.2 Å². The van der Waals surface area contributed by atoms with E-state index in [1.165, 1.54) is 0 Å². The van der Waals surface area contributed by atoms with Gasteiger partial charge in [0, 0.05) is 12.8 Å². The van der Waals surface area contributed by atoms with E-state index in [2.05, 4.69) is 6.08 Å². The van der Waals surface area contributed by atoms with Gasteiger partial charge in [-0.15, -0.1) is 5.06 Å². The summed E-state index contributed by atoms with van der Waals surface area (Å²) in [7, 11) is 0. The largest absolute Gasteiger partial charge is 0.389 e. The topological polar surface area (TPSA) is 83.9 Å². The number of hydrogen-bond donors (Lipinski definition) is 1. The van der Waals surface area contributed by atoms with Crippen molar-refractivity contribution in [3.05, 3.63) is 12.2 Å². The number of imide groups is 1. The Hall–Kier alpha value is -1.69. The summed E-state index contributed by atoms with van der Waals surface area (Å²) in [5.41, 5.74) is -1.12. The Kier molecular flexibility index (Phi) is 4.54. The third-order valence-corrected chi connectivity index (χ3v) is 3.63. The third-order valence-electron chi connectivity index (χ3n) is 3.63. The van der Waals surface area contributed by atoms with Gasteiger partial charge in [-0.2, -0.15) is 0 Å². The molecule has 0 spiro atoms. The molecule has 0 saturated carbocycles. The van der Waals surface area contributed by atoms with Crippen LogP contribution < -0.4 is 0 Å². The second-order valence-electron chi connectivity index (χ2n) is 5.35. The van der Waals surface area contributed by atoms with Gasteiger partial charge in [-0.05, 0) is 32.1 Å². The fourth-order valence-electron chi connectivity index (χ4n) is 2.50. The highest BCUT2D eigenvalue weighted by molar-refractivity contribution is 6.01. The van der Waals surface area contributed by atoms with Gasteiger partial charge in [0.15, 0.2) is 0 Å². The first-order valence-corrected chi connectivity index (χ1v) is 6.94. The minimum Gasteiger partial charge on any atom is -0.389 e. The molecule has 0 aromatic heterocycles. The number of allylic oxidation sites excluding steroid dienone is 2. The van der Waals surface area contributed by atoms with Gasteiger partial charge in [-0.25, -0.2) is 4.79 Å². The molecule has 1 aliphatic carbocycles.